The van der Waals surface area contributed by atoms with Gasteiger partial charge in [-0.3, -0.25) is 4.79 Å². The molecule has 0 unspecified atom stereocenters. The van der Waals surface area contributed by atoms with E-state index in [0.29, 0.717) is 0 Å². The summed E-state index contributed by atoms with van der Waals surface area (Å²) in [5.74, 6) is -0.324. The number of ether oxygens (including phenoxy) is 1. The molecule has 0 aliphatic carbocycles. The second-order valence-corrected chi connectivity index (χ2v) is 7.30. The molecule has 1 aliphatic rings. The van der Waals surface area contributed by atoms with Crippen molar-refractivity contribution in [2.45, 2.75) is 26.4 Å². The zero-order valence-corrected chi connectivity index (χ0v) is 15.4. The number of hydrogen-bond donors (Lipinski definition) is 1. The average molecular weight is 370 g/mol. The second-order valence-electron chi connectivity index (χ2n) is 6.52. The van der Waals surface area contributed by atoms with Crippen LogP contribution in [0.4, 0.5) is 4.79 Å². The molecule has 0 aromatic carbocycles. The van der Waals surface area contributed by atoms with Crippen molar-refractivity contribution in [2.24, 2.45) is 4.99 Å². The molecule has 2 aromatic heterocycles. The Bertz CT molecular complexity index is 888. The van der Waals surface area contributed by atoms with Gasteiger partial charge in [0.1, 0.15) is 17.1 Å². The maximum atomic E-state index is 12.7. The lowest BCUT2D eigenvalue weighted by molar-refractivity contribution is -0.122. The van der Waals surface area contributed by atoms with Crippen LogP contribution in [0, 0.1) is 0 Å². The molecule has 2 amide bonds. The van der Waals surface area contributed by atoms with E-state index in [1.165, 1.54) is 17.7 Å². The number of H-pyrrole nitrogens is 1. The smallest absolute Gasteiger partial charge is 0.423 e. The number of hydrogen-bond acceptors (Lipinski definition) is 6. The van der Waals surface area contributed by atoms with Crippen molar-refractivity contribution < 1.29 is 14.3 Å². The molecule has 0 spiro atoms. The fourth-order valence-corrected chi connectivity index (χ4v) is 2.78. The predicted molar refractivity (Wildman–Crippen MR) is 100 cm³/mol. The SMILES string of the molecule is CC(C)(C)OC(=O)N1C(=O)/C(=C/c2ccsc2)N=C1/C=C/c1cnc[nH]1. The van der Waals surface area contributed by atoms with Crippen molar-refractivity contribution in [2.75, 3.05) is 0 Å². The fraction of sp³-hybridized carbons (Fsp3) is 0.222. The molecule has 2 aromatic rings. The number of amides is 2. The first-order chi connectivity index (χ1) is 12.3. The molecule has 0 fully saturated rings. The van der Waals surface area contributed by atoms with Gasteiger partial charge in [-0.1, -0.05) is 0 Å². The van der Waals surface area contributed by atoms with Crippen molar-refractivity contribution in [3.8, 4) is 0 Å². The van der Waals surface area contributed by atoms with E-state index < -0.39 is 17.6 Å². The van der Waals surface area contributed by atoms with Crippen LogP contribution in [0.2, 0.25) is 0 Å². The van der Waals surface area contributed by atoms with Crippen LogP contribution in [0.5, 0.6) is 0 Å². The molecular formula is C18H18N4O3S. The summed E-state index contributed by atoms with van der Waals surface area (Å²) in [5, 5.41) is 3.80. The molecule has 8 heteroatoms. The van der Waals surface area contributed by atoms with E-state index in [-0.39, 0.29) is 11.5 Å². The van der Waals surface area contributed by atoms with Gasteiger partial charge in [-0.2, -0.15) is 16.2 Å². The van der Waals surface area contributed by atoms with E-state index in [1.54, 1.807) is 45.2 Å². The molecule has 1 aliphatic heterocycles. The number of rotatable bonds is 3. The summed E-state index contributed by atoms with van der Waals surface area (Å²) < 4.78 is 5.35. The van der Waals surface area contributed by atoms with E-state index in [1.807, 2.05) is 16.8 Å². The third-order valence-electron chi connectivity index (χ3n) is 3.24. The number of carbonyl (C=O) groups excluding carboxylic acids is 2. The van der Waals surface area contributed by atoms with Gasteiger partial charge in [0.15, 0.2) is 0 Å². The molecule has 3 heterocycles. The normalized spacial score (nSPS) is 16.6. The molecule has 1 N–H and O–H groups in total. The van der Waals surface area contributed by atoms with Crippen molar-refractivity contribution in [1.29, 1.82) is 0 Å². The standard InChI is InChI=1S/C18H18N4O3S/c1-18(2,3)25-17(24)22-15(5-4-13-9-19-11-20-13)21-14(16(22)23)8-12-6-7-26-10-12/h4-11H,1-3H3,(H,19,20)/b5-4+,14-8-. The monoisotopic (exact) mass is 370 g/mol. The minimum atomic E-state index is -0.760. The predicted octanol–water partition coefficient (Wildman–Crippen LogP) is 3.70. The van der Waals surface area contributed by atoms with Crippen molar-refractivity contribution in [3.05, 3.63) is 52.4 Å². The maximum Gasteiger partial charge on any atom is 0.423 e. The Balaban J connectivity index is 1.93. The van der Waals surface area contributed by atoms with Gasteiger partial charge in [-0.15, -0.1) is 0 Å². The molecule has 26 heavy (non-hydrogen) atoms. The number of imide groups is 1. The van der Waals surface area contributed by atoms with E-state index in [2.05, 4.69) is 15.0 Å². The van der Waals surface area contributed by atoms with Gasteiger partial charge in [-0.05, 0) is 61.4 Å². The van der Waals surface area contributed by atoms with Crippen LogP contribution in [0.15, 0.2) is 46.1 Å². The topological polar surface area (TPSA) is 87.7 Å². The number of aromatic amines is 1. The van der Waals surface area contributed by atoms with Crippen LogP contribution in [-0.2, 0) is 9.53 Å². The quantitative estimate of drug-likeness (QED) is 0.835. The average Bonchev–Trinajstić information content (AvgIpc) is 3.27. The van der Waals surface area contributed by atoms with Crippen molar-refractivity contribution in [3.63, 3.8) is 0 Å². The Morgan fingerprint density at radius 2 is 2.15 bits per heavy atom. The number of amidine groups is 1. The summed E-state index contributed by atoms with van der Waals surface area (Å²) in [6.07, 6.45) is 7.30. The van der Waals surface area contributed by atoms with E-state index in [0.717, 1.165) is 16.2 Å². The number of carbonyl (C=O) groups is 2. The number of aliphatic imine (C=N–C) groups is 1. The molecule has 0 saturated carbocycles. The number of thiophene rings is 1. The second kappa shape index (κ2) is 7.09. The van der Waals surface area contributed by atoms with Crippen LogP contribution in [-0.4, -0.2) is 38.3 Å². The number of nitrogens with zero attached hydrogens (tertiary/aromatic N) is 3. The third-order valence-corrected chi connectivity index (χ3v) is 3.94. The zero-order valence-electron chi connectivity index (χ0n) is 14.6. The molecular weight excluding hydrogens is 352 g/mol. The number of aromatic nitrogens is 2. The van der Waals surface area contributed by atoms with E-state index in [9.17, 15) is 9.59 Å². The lowest BCUT2D eigenvalue weighted by Crippen LogP contribution is -2.41. The van der Waals surface area contributed by atoms with Crippen LogP contribution < -0.4 is 0 Å². The summed E-state index contributed by atoms with van der Waals surface area (Å²) in [7, 11) is 0. The summed E-state index contributed by atoms with van der Waals surface area (Å²) in [6.45, 7) is 5.22. The van der Waals surface area contributed by atoms with Gasteiger partial charge in [-0.25, -0.2) is 14.8 Å². The third kappa shape index (κ3) is 4.15. The summed E-state index contributed by atoms with van der Waals surface area (Å²) in [5.41, 5.74) is 1.03. The highest BCUT2D eigenvalue weighted by molar-refractivity contribution is 7.08. The molecule has 0 radical (unpaired) electrons. The summed E-state index contributed by atoms with van der Waals surface area (Å²) in [6, 6.07) is 1.87. The first-order valence-electron chi connectivity index (χ1n) is 7.90. The summed E-state index contributed by atoms with van der Waals surface area (Å²) in [4.78, 5) is 37.3. The highest BCUT2D eigenvalue weighted by Gasteiger charge is 2.37. The fourth-order valence-electron chi connectivity index (χ4n) is 2.17. The molecule has 134 valence electrons. The largest absolute Gasteiger partial charge is 0.443 e. The lowest BCUT2D eigenvalue weighted by Gasteiger charge is -2.23. The molecule has 3 rings (SSSR count). The Labute approximate surface area is 154 Å². The first-order valence-corrected chi connectivity index (χ1v) is 8.84. The van der Waals surface area contributed by atoms with Gasteiger partial charge in [0.2, 0.25) is 0 Å². The Kier molecular flexibility index (Phi) is 4.85. The highest BCUT2D eigenvalue weighted by atomic mass is 32.1. The number of nitrogens with one attached hydrogen (secondary N) is 1. The highest BCUT2D eigenvalue weighted by Crippen LogP contribution is 2.23. The molecule has 7 nitrogen and oxygen atoms in total. The molecule has 0 bridgehead atoms. The van der Waals surface area contributed by atoms with E-state index in [4.69, 9.17) is 4.74 Å². The van der Waals surface area contributed by atoms with Crippen LogP contribution in [0.1, 0.15) is 32.0 Å². The maximum absolute atomic E-state index is 12.7. The Morgan fingerprint density at radius 3 is 2.77 bits per heavy atom. The van der Waals surface area contributed by atoms with Gasteiger partial charge in [0.25, 0.3) is 5.91 Å². The van der Waals surface area contributed by atoms with Crippen LogP contribution >= 0.6 is 11.3 Å². The molecule has 0 saturated heterocycles. The molecule has 0 atom stereocenters. The van der Waals surface area contributed by atoms with Gasteiger partial charge in [0.05, 0.1) is 18.2 Å². The van der Waals surface area contributed by atoms with Crippen molar-refractivity contribution >= 4 is 41.3 Å². The lowest BCUT2D eigenvalue weighted by atomic mass is 10.2. The number of imidazole rings is 1. The minimum absolute atomic E-state index is 0.179. The van der Waals surface area contributed by atoms with Crippen molar-refractivity contribution in [1.82, 2.24) is 14.9 Å². The summed E-state index contributed by atoms with van der Waals surface area (Å²) >= 11 is 1.51. The first kappa shape index (κ1) is 17.8. The Morgan fingerprint density at radius 1 is 1.35 bits per heavy atom. The van der Waals surface area contributed by atoms with Gasteiger partial charge < -0.3 is 9.72 Å². The van der Waals surface area contributed by atoms with Crippen LogP contribution in [0.3, 0.4) is 0 Å². The minimum Gasteiger partial charge on any atom is -0.443 e. The Hall–Kier alpha value is -3.00. The zero-order chi connectivity index (χ0) is 18.7. The van der Waals surface area contributed by atoms with E-state index >= 15 is 0 Å². The van der Waals surface area contributed by atoms with Gasteiger partial charge in [0, 0.05) is 0 Å². The van der Waals surface area contributed by atoms with Gasteiger partial charge >= 0.3 is 6.09 Å². The van der Waals surface area contributed by atoms with Crippen LogP contribution in [0.25, 0.3) is 12.2 Å².